The van der Waals surface area contributed by atoms with Crippen molar-refractivity contribution < 1.29 is 13.2 Å². The summed E-state index contributed by atoms with van der Waals surface area (Å²) >= 11 is 0. The van der Waals surface area contributed by atoms with Crippen molar-refractivity contribution in [1.82, 2.24) is 15.1 Å². The summed E-state index contributed by atoms with van der Waals surface area (Å²) in [6, 6.07) is 9.64. The monoisotopic (exact) mass is 361 g/mol. The first-order chi connectivity index (χ1) is 11.9. The van der Waals surface area contributed by atoms with Crippen LogP contribution >= 0.6 is 0 Å². The molecule has 1 aromatic carbocycles. The average molecular weight is 361 g/mol. The molecule has 2 aromatic rings. The lowest BCUT2D eigenvalue weighted by Gasteiger charge is -2.11. The predicted octanol–water partition coefficient (Wildman–Crippen LogP) is 1.73. The Kier molecular flexibility index (Phi) is 4.94. The fourth-order valence-electron chi connectivity index (χ4n) is 3.30. The molecule has 0 unspecified atom stereocenters. The lowest BCUT2D eigenvalue weighted by Crippen LogP contribution is -2.35. The molecule has 1 aliphatic heterocycles. The van der Waals surface area contributed by atoms with Crippen LogP contribution in [-0.2, 0) is 21.1 Å². The molecule has 0 radical (unpaired) electrons. The van der Waals surface area contributed by atoms with Crippen LogP contribution in [-0.4, -0.2) is 41.7 Å². The van der Waals surface area contributed by atoms with Gasteiger partial charge in [-0.2, -0.15) is 5.10 Å². The highest BCUT2D eigenvalue weighted by molar-refractivity contribution is 7.91. The van der Waals surface area contributed by atoms with Gasteiger partial charge in [-0.15, -0.1) is 0 Å². The first-order valence-corrected chi connectivity index (χ1v) is 10.3. The van der Waals surface area contributed by atoms with Crippen LogP contribution < -0.4 is 5.32 Å². The normalized spacial score (nSPS) is 19.0. The number of sulfone groups is 1. The summed E-state index contributed by atoms with van der Waals surface area (Å²) in [5.74, 6) is 0.122. The number of carbonyl (C=O) groups excluding carboxylic acids is 1. The van der Waals surface area contributed by atoms with Crippen molar-refractivity contribution in [2.45, 2.75) is 39.2 Å². The second kappa shape index (κ2) is 7.00. The highest BCUT2D eigenvalue weighted by Crippen LogP contribution is 2.19. The molecule has 2 heterocycles. The van der Waals surface area contributed by atoms with Gasteiger partial charge in [0.25, 0.3) is 0 Å². The minimum atomic E-state index is -2.98. The van der Waals surface area contributed by atoms with Crippen LogP contribution in [0.25, 0.3) is 5.69 Å². The first kappa shape index (κ1) is 17.7. The van der Waals surface area contributed by atoms with Crippen molar-refractivity contribution in [2.75, 3.05) is 11.5 Å². The standard InChI is InChI=1S/C18H23N3O3S/c1-13-17(14(2)21(20-13)16-6-4-3-5-7-16)8-9-18(22)19-15-10-11-25(23,24)12-15/h3-7,15H,8-12H2,1-2H3,(H,19,22)/t15-/m0/s1. The third-order valence-electron chi connectivity index (χ3n) is 4.64. The Morgan fingerprint density at radius 1 is 1.28 bits per heavy atom. The molecule has 1 fully saturated rings. The number of hydrogen-bond donors (Lipinski definition) is 1. The average Bonchev–Trinajstić information content (AvgIpc) is 3.05. The molecule has 0 bridgehead atoms. The smallest absolute Gasteiger partial charge is 0.220 e. The molecule has 0 saturated carbocycles. The fourth-order valence-corrected chi connectivity index (χ4v) is 4.98. The summed E-state index contributed by atoms with van der Waals surface area (Å²) in [7, 11) is -2.98. The van der Waals surface area contributed by atoms with Gasteiger partial charge in [0.15, 0.2) is 9.84 Å². The van der Waals surface area contributed by atoms with E-state index in [4.69, 9.17) is 0 Å². The maximum absolute atomic E-state index is 12.1. The third kappa shape index (κ3) is 4.10. The quantitative estimate of drug-likeness (QED) is 0.879. The van der Waals surface area contributed by atoms with E-state index in [9.17, 15) is 13.2 Å². The van der Waals surface area contributed by atoms with E-state index < -0.39 is 9.84 Å². The molecule has 134 valence electrons. The number of rotatable bonds is 5. The van der Waals surface area contributed by atoms with Crippen LogP contribution in [0.15, 0.2) is 30.3 Å². The molecule has 6 nitrogen and oxygen atoms in total. The molecule has 1 atom stereocenters. The molecule has 0 spiro atoms. The first-order valence-electron chi connectivity index (χ1n) is 8.46. The van der Waals surface area contributed by atoms with Gasteiger partial charge in [-0.25, -0.2) is 13.1 Å². The van der Waals surface area contributed by atoms with Crippen molar-refractivity contribution >= 4 is 15.7 Å². The summed E-state index contributed by atoms with van der Waals surface area (Å²) in [5.41, 5.74) is 4.01. The molecule has 1 saturated heterocycles. The van der Waals surface area contributed by atoms with E-state index in [1.54, 1.807) is 0 Å². The number of amides is 1. The van der Waals surface area contributed by atoms with Gasteiger partial charge >= 0.3 is 0 Å². The summed E-state index contributed by atoms with van der Waals surface area (Å²) in [6.07, 6.45) is 1.44. The van der Waals surface area contributed by atoms with E-state index >= 15 is 0 Å². The largest absolute Gasteiger partial charge is 0.352 e. The zero-order valence-electron chi connectivity index (χ0n) is 14.5. The van der Waals surface area contributed by atoms with Gasteiger partial charge in [-0.05, 0) is 44.4 Å². The lowest BCUT2D eigenvalue weighted by atomic mass is 10.1. The molecule has 1 aliphatic rings. The van der Waals surface area contributed by atoms with Crippen molar-refractivity contribution in [3.8, 4) is 5.69 Å². The summed E-state index contributed by atoms with van der Waals surface area (Å²) < 4.78 is 24.8. The lowest BCUT2D eigenvalue weighted by molar-refractivity contribution is -0.121. The van der Waals surface area contributed by atoms with E-state index in [0.717, 1.165) is 22.6 Å². The SMILES string of the molecule is Cc1nn(-c2ccccc2)c(C)c1CCC(=O)N[C@H]1CCS(=O)(=O)C1. The third-order valence-corrected chi connectivity index (χ3v) is 6.41. The van der Waals surface area contributed by atoms with Gasteiger partial charge in [0.05, 0.1) is 22.9 Å². The molecular formula is C18H23N3O3S. The van der Waals surface area contributed by atoms with E-state index in [1.807, 2.05) is 48.9 Å². The van der Waals surface area contributed by atoms with Crippen LogP contribution in [0.5, 0.6) is 0 Å². The zero-order chi connectivity index (χ0) is 18.0. The van der Waals surface area contributed by atoms with Gasteiger partial charge in [-0.3, -0.25) is 4.79 Å². The maximum atomic E-state index is 12.1. The number of aryl methyl sites for hydroxylation is 1. The number of hydrogen-bond acceptors (Lipinski definition) is 4. The fraction of sp³-hybridized carbons (Fsp3) is 0.444. The minimum absolute atomic E-state index is 0.0583. The van der Waals surface area contributed by atoms with E-state index in [1.165, 1.54) is 0 Å². The molecular weight excluding hydrogens is 338 g/mol. The summed E-state index contributed by atoms with van der Waals surface area (Å²) in [4.78, 5) is 12.1. The van der Waals surface area contributed by atoms with Crippen LogP contribution in [0.4, 0.5) is 0 Å². The summed E-state index contributed by atoms with van der Waals surface area (Å²) in [5, 5.41) is 7.42. The molecule has 1 N–H and O–H groups in total. The van der Waals surface area contributed by atoms with Crippen molar-refractivity contribution in [1.29, 1.82) is 0 Å². The number of nitrogens with zero attached hydrogens (tertiary/aromatic N) is 2. The van der Waals surface area contributed by atoms with Crippen LogP contribution in [0.1, 0.15) is 29.8 Å². The highest BCUT2D eigenvalue weighted by atomic mass is 32.2. The second-order valence-corrected chi connectivity index (χ2v) is 8.79. The van der Waals surface area contributed by atoms with E-state index in [0.29, 0.717) is 19.3 Å². The van der Waals surface area contributed by atoms with E-state index in [2.05, 4.69) is 10.4 Å². The number of benzene rings is 1. The molecule has 3 rings (SSSR count). The van der Waals surface area contributed by atoms with E-state index in [-0.39, 0.29) is 23.5 Å². The topological polar surface area (TPSA) is 81.1 Å². The van der Waals surface area contributed by atoms with Crippen LogP contribution in [0.2, 0.25) is 0 Å². The molecule has 1 aromatic heterocycles. The Bertz CT molecular complexity index is 872. The number of aromatic nitrogens is 2. The molecule has 1 amide bonds. The number of carbonyl (C=O) groups is 1. The van der Waals surface area contributed by atoms with Crippen molar-refractivity contribution in [3.05, 3.63) is 47.3 Å². The Hall–Kier alpha value is -2.15. The van der Waals surface area contributed by atoms with Gasteiger partial charge in [-0.1, -0.05) is 18.2 Å². The van der Waals surface area contributed by atoms with Gasteiger partial charge in [0.2, 0.25) is 5.91 Å². The number of para-hydroxylation sites is 1. The zero-order valence-corrected chi connectivity index (χ0v) is 15.3. The minimum Gasteiger partial charge on any atom is -0.352 e. The van der Waals surface area contributed by atoms with Gasteiger partial charge in [0, 0.05) is 18.2 Å². The van der Waals surface area contributed by atoms with Gasteiger partial charge in [0.1, 0.15) is 0 Å². The Morgan fingerprint density at radius 2 is 2.00 bits per heavy atom. The van der Waals surface area contributed by atoms with Crippen molar-refractivity contribution in [3.63, 3.8) is 0 Å². The second-order valence-electron chi connectivity index (χ2n) is 6.56. The highest BCUT2D eigenvalue weighted by Gasteiger charge is 2.28. The van der Waals surface area contributed by atoms with Crippen molar-refractivity contribution in [2.24, 2.45) is 0 Å². The summed E-state index contributed by atoms with van der Waals surface area (Å²) in [6.45, 7) is 3.95. The Labute approximate surface area is 148 Å². The Balaban J connectivity index is 1.64. The predicted molar refractivity (Wildman–Crippen MR) is 96.6 cm³/mol. The maximum Gasteiger partial charge on any atom is 0.220 e. The Morgan fingerprint density at radius 3 is 2.64 bits per heavy atom. The molecule has 0 aliphatic carbocycles. The van der Waals surface area contributed by atoms with Crippen LogP contribution in [0, 0.1) is 13.8 Å². The molecule has 7 heteroatoms. The number of nitrogens with one attached hydrogen (secondary N) is 1. The molecule has 25 heavy (non-hydrogen) atoms. The van der Waals surface area contributed by atoms with Crippen LogP contribution in [0.3, 0.4) is 0 Å². The van der Waals surface area contributed by atoms with Gasteiger partial charge < -0.3 is 5.32 Å².